The maximum absolute atomic E-state index is 5.99. The van der Waals surface area contributed by atoms with Crippen LogP contribution < -0.4 is 5.32 Å². The van der Waals surface area contributed by atoms with Gasteiger partial charge in [0.15, 0.2) is 0 Å². The van der Waals surface area contributed by atoms with Crippen molar-refractivity contribution in [2.24, 2.45) is 5.41 Å². The third-order valence-electron chi connectivity index (χ3n) is 4.00. The maximum Gasteiger partial charge on any atom is 0.241 e. The van der Waals surface area contributed by atoms with Crippen molar-refractivity contribution >= 4 is 17.5 Å². The van der Waals surface area contributed by atoms with Gasteiger partial charge in [0.2, 0.25) is 17.2 Å². The quantitative estimate of drug-likeness (QED) is 0.943. The monoisotopic (exact) mass is 306 g/mol. The lowest BCUT2D eigenvalue weighted by atomic mass is 9.76. The molecule has 0 bridgehead atoms. The molecule has 0 saturated heterocycles. The standard InChI is InChI=1S/C14H19ClN6/c1-14(2)5-3-10(4-6-14)17-12-18-11(15)19-13(20-12)21-8-7-16-9-21/h7-10H,3-6H2,1-2H3,(H,17,18,19,20). The van der Waals surface area contributed by atoms with Gasteiger partial charge in [-0.2, -0.15) is 15.0 Å². The van der Waals surface area contributed by atoms with Crippen LogP contribution >= 0.6 is 11.6 Å². The fourth-order valence-corrected chi connectivity index (χ4v) is 2.78. The number of anilines is 1. The fraction of sp³-hybridized carbons (Fsp3) is 0.571. The zero-order valence-corrected chi connectivity index (χ0v) is 13.0. The Labute approximate surface area is 129 Å². The second-order valence-electron chi connectivity index (χ2n) is 6.28. The minimum Gasteiger partial charge on any atom is -0.351 e. The van der Waals surface area contributed by atoms with E-state index in [9.17, 15) is 0 Å². The van der Waals surface area contributed by atoms with Crippen LogP contribution in [0.1, 0.15) is 39.5 Å². The van der Waals surface area contributed by atoms with Crippen LogP contribution in [0.3, 0.4) is 0 Å². The molecule has 3 rings (SSSR count). The molecule has 0 atom stereocenters. The summed E-state index contributed by atoms with van der Waals surface area (Å²) in [5, 5.41) is 3.57. The molecule has 1 aliphatic rings. The van der Waals surface area contributed by atoms with E-state index >= 15 is 0 Å². The zero-order valence-electron chi connectivity index (χ0n) is 12.3. The van der Waals surface area contributed by atoms with E-state index in [2.05, 4.69) is 39.1 Å². The Morgan fingerprint density at radius 1 is 1.24 bits per heavy atom. The highest BCUT2D eigenvalue weighted by molar-refractivity contribution is 6.28. The molecule has 0 aliphatic heterocycles. The van der Waals surface area contributed by atoms with E-state index < -0.39 is 0 Å². The molecule has 112 valence electrons. The summed E-state index contributed by atoms with van der Waals surface area (Å²) in [5.74, 6) is 1.01. The van der Waals surface area contributed by atoms with Crippen molar-refractivity contribution in [3.8, 4) is 5.95 Å². The van der Waals surface area contributed by atoms with Gasteiger partial charge in [0.05, 0.1) is 0 Å². The summed E-state index contributed by atoms with van der Waals surface area (Å²) < 4.78 is 1.71. The Morgan fingerprint density at radius 2 is 2.00 bits per heavy atom. The van der Waals surface area contributed by atoms with E-state index in [1.165, 1.54) is 12.8 Å². The molecule has 0 aromatic carbocycles. The van der Waals surface area contributed by atoms with Crippen molar-refractivity contribution in [3.63, 3.8) is 0 Å². The van der Waals surface area contributed by atoms with Crippen LogP contribution in [0.5, 0.6) is 0 Å². The van der Waals surface area contributed by atoms with Crippen molar-refractivity contribution in [3.05, 3.63) is 24.0 Å². The Balaban J connectivity index is 1.74. The number of nitrogens with zero attached hydrogens (tertiary/aromatic N) is 5. The largest absolute Gasteiger partial charge is 0.351 e. The first-order chi connectivity index (χ1) is 10.0. The average molecular weight is 307 g/mol. The maximum atomic E-state index is 5.99. The molecule has 0 radical (unpaired) electrons. The third kappa shape index (κ3) is 3.50. The molecule has 2 heterocycles. The van der Waals surface area contributed by atoms with Crippen LogP contribution in [0.15, 0.2) is 18.7 Å². The third-order valence-corrected chi connectivity index (χ3v) is 4.17. The van der Waals surface area contributed by atoms with Gasteiger partial charge in [-0.3, -0.25) is 4.57 Å². The van der Waals surface area contributed by atoms with Crippen LogP contribution in [-0.4, -0.2) is 30.5 Å². The van der Waals surface area contributed by atoms with Gasteiger partial charge in [0.1, 0.15) is 6.33 Å². The van der Waals surface area contributed by atoms with Crippen LogP contribution in [0.25, 0.3) is 5.95 Å². The first-order valence-electron chi connectivity index (χ1n) is 7.18. The van der Waals surface area contributed by atoms with Crippen molar-refractivity contribution in [1.29, 1.82) is 0 Å². The van der Waals surface area contributed by atoms with E-state index in [1.807, 2.05) is 0 Å². The molecule has 0 spiro atoms. The van der Waals surface area contributed by atoms with Crippen LogP contribution in [0.4, 0.5) is 5.95 Å². The molecule has 21 heavy (non-hydrogen) atoms. The number of hydrogen-bond acceptors (Lipinski definition) is 5. The first kappa shape index (κ1) is 14.3. The molecule has 2 aromatic heterocycles. The van der Waals surface area contributed by atoms with Gasteiger partial charge in [-0.15, -0.1) is 0 Å². The highest BCUT2D eigenvalue weighted by Crippen LogP contribution is 2.35. The van der Waals surface area contributed by atoms with Crippen molar-refractivity contribution in [1.82, 2.24) is 24.5 Å². The van der Waals surface area contributed by atoms with Crippen molar-refractivity contribution in [2.75, 3.05) is 5.32 Å². The van der Waals surface area contributed by atoms with E-state index in [-0.39, 0.29) is 5.28 Å². The SMILES string of the molecule is CC1(C)CCC(Nc2nc(Cl)nc(-n3ccnc3)n2)CC1. The predicted octanol–water partition coefficient (Wildman–Crippen LogP) is 3.09. The predicted molar refractivity (Wildman–Crippen MR) is 81.6 cm³/mol. The highest BCUT2D eigenvalue weighted by atomic mass is 35.5. The summed E-state index contributed by atoms with van der Waals surface area (Å²) in [6.07, 6.45) is 9.74. The van der Waals surface area contributed by atoms with Gasteiger partial charge in [0.25, 0.3) is 0 Å². The molecule has 1 saturated carbocycles. The molecule has 1 N–H and O–H groups in total. The van der Waals surface area contributed by atoms with Gasteiger partial charge < -0.3 is 5.32 Å². The van der Waals surface area contributed by atoms with Crippen molar-refractivity contribution in [2.45, 2.75) is 45.6 Å². The number of halogens is 1. The summed E-state index contributed by atoms with van der Waals surface area (Å²) in [4.78, 5) is 16.7. The topological polar surface area (TPSA) is 68.5 Å². The molecule has 1 aliphatic carbocycles. The molecular formula is C14H19ClN6. The lowest BCUT2D eigenvalue weighted by Crippen LogP contribution is -2.30. The Morgan fingerprint density at radius 3 is 2.67 bits per heavy atom. The van der Waals surface area contributed by atoms with Gasteiger partial charge in [-0.1, -0.05) is 13.8 Å². The van der Waals surface area contributed by atoms with Crippen LogP contribution in [-0.2, 0) is 0 Å². The number of hydrogen-bond donors (Lipinski definition) is 1. The van der Waals surface area contributed by atoms with E-state index in [0.29, 0.717) is 23.4 Å². The summed E-state index contributed by atoms with van der Waals surface area (Å²) in [7, 11) is 0. The number of nitrogens with one attached hydrogen (secondary N) is 1. The van der Waals surface area contributed by atoms with Gasteiger partial charge in [0, 0.05) is 18.4 Å². The van der Waals surface area contributed by atoms with E-state index in [0.717, 1.165) is 12.8 Å². The van der Waals surface area contributed by atoms with Gasteiger partial charge >= 0.3 is 0 Å². The summed E-state index contributed by atoms with van der Waals surface area (Å²) >= 11 is 5.99. The smallest absolute Gasteiger partial charge is 0.241 e. The molecular weight excluding hydrogens is 288 g/mol. The zero-order chi connectivity index (χ0) is 14.9. The minimum atomic E-state index is 0.187. The van der Waals surface area contributed by atoms with Crippen LogP contribution in [0, 0.1) is 5.41 Å². The summed E-state index contributed by atoms with van der Waals surface area (Å²) in [6, 6.07) is 0.395. The van der Waals surface area contributed by atoms with Crippen LogP contribution in [0.2, 0.25) is 5.28 Å². The summed E-state index contributed by atoms with van der Waals surface area (Å²) in [6.45, 7) is 4.64. The molecule has 0 unspecified atom stereocenters. The second kappa shape index (κ2) is 5.60. The number of aromatic nitrogens is 5. The summed E-state index contributed by atoms with van der Waals surface area (Å²) in [5.41, 5.74) is 0.441. The molecule has 1 fully saturated rings. The number of imidazole rings is 1. The molecule has 0 amide bonds. The normalized spacial score (nSPS) is 18.6. The van der Waals surface area contributed by atoms with Crippen molar-refractivity contribution < 1.29 is 0 Å². The Bertz CT molecular complexity index is 600. The number of rotatable bonds is 3. The fourth-order valence-electron chi connectivity index (χ4n) is 2.62. The van der Waals surface area contributed by atoms with E-state index in [1.54, 1.807) is 23.3 Å². The molecule has 6 nitrogen and oxygen atoms in total. The highest BCUT2D eigenvalue weighted by Gasteiger charge is 2.27. The van der Waals surface area contributed by atoms with Gasteiger partial charge in [-0.05, 0) is 42.7 Å². The average Bonchev–Trinajstić information content (AvgIpc) is 2.95. The first-order valence-corrected chi connectivity index (χ1v) is 7.56. The lowest BCUT2D eigenvalue weighted by Gasteiger charge is -2.34. The Kier molecular flexibility index (Phi) is 3.80. The molecule has 7 heteroatoms. The molecule has 2 aromatic rings. The second-order valence-corrected chi connectivity index (χ2v) is 6.62. The van der Waals surface area contributed by atoms with E-state index in [4.69, 9.17) is 11.6 Å². The Hall–Kier alpha value is -1.69. The minimum absolute atomic E-state index is 0.187. The lowest BCUT2D eigenvalue weighted by molar-refractivity contribution is 0.232. The van der Waals surface area contributed by atoms with Gasteiger partial charge in [-0.25, -0.2) is 4.98 Å².